The molecule has 1 fully saturated rings. The molecule has 1 amide bonds. The van der Waals surface area contributed by atoms with Gasteiger partial charge in [-0.15, -0.1) is 0 Å². The Hall–Kier alpha value is -2.09. The number of aryl methyl sites for hydroxylation is 1. The van der Waals surface area contributed by atoms with E-state index < -0.39 is 0 Å². The van der Waals surface area contributed by atoms with Crippen LogP contribution in [-0.2, 0) is 6.42 Å². The lowest BCUT2D eigenvalue weighted by molar-refractivity contribution is 0.0724. The SMILES string of the molecule is CCc1ccc(-c2ccc(C(=O)N3CCCCC3)cc2)cc1. The highest BCUT2D eigenvalue weighted by Crippen LogP contribution is 2.21. The summed E-state index contributed by atoms with van der Waals surface area (Å²) in [6.45, 7) is 3.97. The van der Waals surface area contributed by atoms with Crippen molar-refractivity contribution in [1.82, 2.24) is 4.90 Å². The molecule has 114 valence electrons. The van der Waals surface area contributed by atoms with Gasteiger partial charge in [0.15, 0.2) is 0 Å². The number of benzene rings is 2. The van der Waals surface area contributed by atoms with E-state index in [1.54, 1.807) is 0 Å². The van der Waals surface area contributed by atoms with Crippen LogP contribution in [0.5, 0.6) is 0 Å². The van der Waals surface area contributed by atoms with Gasteiger partial charge in [-0.1, -0.05) is 43.3 Å². The van der Waals surface area contributed by atoms with Crippen molar-refractivity contribution in [2.24, 2.45) is 0 Å². The Morgan fingerprint density at radius 1 is 0.864 bits per heavy atom. The van der Waals surface area contributed by atoms with Crippen LogP contribution in [-0.4, -0.2) is 23.9 Å². The second-order valence-corrected chi connectivity index (χ2v) is 5.98. The van der Waals surface area contributed by atoms with E-state index in [4.69, 9.17) is 0 Å². The fourth-order valence-corrected chi connectivity index (χ4v) is 3.02. The van der Waals surface area contributed by atoms with E-state index in [2.05, 4.69) is 43.3 Å². The average Bonchev–Trinajstić information content (AvgIpc) is 2.62. The smallest absolute Gasteiger partial charge is 0.253 e. The van der Waals surface area contributed by atoms with Gasteiger partial charge in [0.25, 0.3) is 5.91 Å². The summed E-state index contributed by atoms with van der Waals surface area (Å²) in [5.74, 6) is 0.174. The number of nitrogens with zero attached hydrogens (tertiary/aromatic N) is 1. The van der Waals surface area contributed by atoms with Crippen molar-refractivity contribution < 1.29 is 4.79 Å². The largest absolute Gasteiger partial charge is 0.339 e. The molecular weight excluding hydrogens is 270 g/mol. The zero-order valence-electron chi connectivity index (χ0n) is 13.2. The van der Waals surface area contributed by atoms with E-state index in [9.17, 15) is 4.79 Å². The second-order valence-electron chi connectivity index (χ2n) is 5.98. The minimum Gasteiger partial charge on any atom is -0.339 e. The lowest BCUT2D eigenvalue weighted by Crippen LogP contribution is -2.35. The highest BCUT2D eigenvalue weighted by atomic mass is 16.2. The van der Waals surface area contributed by atoms with E-state index in [0.717, 1.165) is 43.5 Å². The van der Waals surface area contributed by atoms with Gasteiger partial charge in [0, 0.05) is 18.7 Å². The van der Waals surface area contributed by atoms with Gasteiger partial charge in [-0.25, -0.2) is 0 Å². The first-order valence-corrected chi connectivity index (χ1v) is 8.26. The Kier molecular flexibility index (Phi) is 4.57. The fraction of sp³-hybridized carbons (Fsp3) is 0.350. The van der Waals surface area contributed by atoms with Crippen molar-refractivity contribution in [1.29, 1.82) is 0 Å². The molecule has 0 atom stereocenters. The summed E-state index contributed by atoms with van der Waals surface area (Å²) < 4.78 is 0. The maximum Gasteiger partial charge on any atom is 0.253 e. The molecule has 0 N–H and O–H groups in total. The summed E-state index contributed by atoms with van der Waals surface area (Å²) in [5, 5.41) is 0. The number of likely N-dealkylation sites (tertiary alicyclic amines) is 1. The third kappa shape index (κ3) is 3.22. The normalized spacial score (nSPS) is 14.9. The summed E-state index contributed by atoms with van der Waals surface area (Å²) in [4.78, 5) is 14.4. The Bertz CT molecular complexity index is 622. The first-order chi connectivity index (χ1) is 10.8. The second kappa shape index (κ2) is 6.78. The number of carbonyl (C=O) groups is 1. The van der Waals surface area contributed by atoms with E-state index in [0.29, 0.717) is 0 Å². The number of rotatable bonds is 3. The zero-order valence-corrected chi connectivity index (χ0v) is 13.2. The van der Waals surface area contributed by atoms with Gasteiger partial charge >= 0.3 is 0 Å². The van der Waals surface area contributed by atoms with Crippen molar-refractivity contribution >= 4 is 5.91 Å². The molecule has 2 nitrogen and oxygen atoms in total. The molecular formula is C20H23NO. The van der Waals surface area contributed by atoms with Crippen LogP contribution < -0.4 is 0 Å². The predicted octanol–water partition coefficient (Wildman–Crippen LogP) is 4.54. The van der Waals surface area contributed by atoms with Gasteiger partial charge in [-0.05, 0) is 54.5 Å². The number of amides is 1. The molecule has 1 aliphatic rings. The molecule has 0 spiro atoms. The monoisotopic (exact) mass is 293 g/mol. The molecule has 22 heavy (non-hydrogen) atoms. The fourth-order valence-electron chi connectivity index (χ4n) is 3.02. The van der Waals surface area contributed by atoms with Gasteiger partial charge in [0.1, 0.15) is 0 Å². The van der Waals surface area contributed by atoms with Crippen LogP contribution in [0.1, 0.15) is 42.1 Å². The molecule has 0 radical (unpaired) electrons. The molecule has 1 heterocycles. The van der Waals surface area contributed by atoms with Crippen LogP contribution >= 0.6 is 0 Å². The molecule has 0 aromatic heterocycles. The summed E-state index contributed by atoms with van der Waals surface area (Å²) in [6.07, 6.45) is 4.57. The standard InChI is InChI=1S/C20H23NO/c1-2-16-6-8-17(9-7-16)18-10-12-19(13-11-18)20(22)21-14-4-3-5-15-21/h6-13H,2-5,14-15H2,1H3. The Morgan fingerprint density at radius 2 is 1.41 bits per heavy atom. The van der Waals surface area contributed by atoms with Gasteiger partial charge in [0.05, 0.1) is 0 Å². The lowest BCUT2D eigenvalue weighted by atomic mass is 10.0. The van der Waals surface area contributed by atoms with Crippen LogP contribution in [0.2, 0.25) is 0 Å². The molecule has 1 saturated heterocycles. The lowest BCUT2D eigenvalue weighted by Gasteiger charge is -2.26. The number of hydrogen-bond acceptors (Lipinski definition) is 1. The van der Waals surface area contributed by atoms with Crippen molar-refractivity contribution in [3.63, 3.8) is 0 Å². The highest BCUT2D eigenvalue weighted by Gasteiger charge is 2.17. The molecule has 0 saturated carbocycles. The van der Waals surface area contributed by atoms with E-state index >= 15 is 0 Å². The molecule has 0 unspecified atom stereocenters. The summed E-state index contributed by atoms with van der Waals surface area (Å²) in [6, 6.07) is 16.7. The maximum atomic E-state index is 12.5. The van der Waals surface area contributed by atoms with Crippen molar-refractivity contribution in [2.45, 2.75) is 32.6 Å². The van der Waals surface area contributed by atoms with Crippen LogP contribution in [0.3, 0.4) is 0 Å². The average molecular weight is 293 g/mol. The van der Waals surface area contributed by atoms with Crippen molar-refractivity contribution in [3.05, 3.63) is 59.7 Å². The van der Waals surface area contributed by atoms with E-state index in [1.807, 2.05) is 17.0 Å². The molecule has 2 aromatic carbocycles. The summed E-state index contributed by atoms with van der Waals surface area (Å²) in [5.41, 5.74) is 4.52. The quantitative estimate of drug-likeness (QED) is 0.813. The third-order valence-electron chi connectivity index (χ3n) is 4.47. The van der Waals surface area contributed by atoms with Crippen LogP contribution in [0.15, 0.2) is 48.5 Å². The molecule has 0 bridgehead atoms. The Balaban J connectivity index is 1.75. The van der Waals surface area contributed by atoms with Crippen LogP contribution in [0, 0.1) is 0 Å². The first-order valence-electron chi connectivity index (χ1n) is 8.26. The Labute approximate surface area is 132 Å². The third-order valence-corrected chi connectivity index (χ3v) is 4.47. The maximum absolute atomic E-state index is 12.5. The van der Waals surface area contributed by atoms with Crippen LogP contribution in [0.4, 0.5) is 0 Å². The van der Waals surface area contributed by atoms with Crippen molar-refractivity contribution in [2.75, 3.05) is 13.1 Å². The number of piperidine rings is 1. The zero-order chi connectivity index (χ0) is 15.4. The van der Waals surface area contributed by atoms with Gasteiger partial charge in [0.2, 0.25) is 0 Å². The highest BCUT2D eigenvalue weighted by molar-refractivity contribution is 5.94. The number of hydrogen-bond donors (Lipinski definition) is 0. The minimum absolute atomic E-state index is 0.174. The molecule has 1 aliphatic heterocycles. The Morgan fingerprint density at radius 3 is 1.95 bits per heavy atom. The molecule has 3 rings (SSSR count). The number of carbonyl (C=O) groups excluding carboxylic acids is 1. The van der Waals surface area contributed by atoms with Crippen molar-refractivity contribution in [3.8, 4) is 11.1 Å². The van der Waals surface area contributed by atoms with E-state index in [-0.39, 0.29) is 5.91 Å². The van der Waals surface area contributed by atoms with Gasteiger partial charge in [-0.2, -0.15) is 0 Å². The van der Waals surface area contributed by atoms with Gasteiger partial charge in [-0.3, -0.25) is 4.79 Å². The summed E-state index contributed by atoms with van der Waals surface area (Å²) >= 11 is 0. The molecule has 2 aromatic rings. The van der Waals surface area contributed by atoms with E-state index in [1.165, 1.54) is 17.5 Å². The molecule has 2 heteroatoms. The van der Waals surface area contributed by atoms with Gasteiger partial charge < -0.3 is 4.90 Å². The first kappa shape index (κ1) is 14.8. The topological polar surface area (TPSA) is 20.3 Å². The summed E-state index contributed by atoms with van der Waals surface area (Å²) in [7, 11) is 0. The minimum atomic E-state index is 0.174. The molecule has 0 aliphatic carbocycles. The van der Waals surface area contributed by atoms with Crippen LogP contribution in [0.25, 0.3) is 11.1 Å². The predicted molar refractivity (Wildman–Crippen MR) is 91.0 cm³/mol.